The molecule has 0 bridgehead atoms. The third kappa shape index (κ3) is 6.49. The fourth-order valence-electron chi connectivity index (χ4n) is 2.66. The van der Waals surface area contributed by atoms with Gasteiger partial charge < -0.3 is 14.4 Å². The van der Waals surface area contributed by atoms with E-state index in [0.29, 0.717) is 12.5 Å². The summed E-state index contributed by atoms with van der Waals surface area (Å²) < 4.78 is 11.0. The molecule has 1 unspecified atom stereocenters. The van der Waals surface area contributed by atoms with Gasteiger partial charge in [0.05, 0.1) is 12.2 Å². The van der Waals surface area contributed by atoms with E-state index in [1.54, 1.807) is 46.4 Å². The van der Waals surface area contributed by atoms with Crippen molar-refractivity contribution in [3.63, 3.8) is 0 Å². The molecule has 0 spiro atoms. The van der Waals surface area contributed by atoms with Crippen molar-refractivity contribution in [1.82, 2.24) is 14.9 Å². The standard InChI is InChI=1S/C18H27N7O4/c1-17(2,3)28-14(26)13-11-24(15-20-9-12(10-21-15)22-23-19)7-8-25(13)16(27)29-18(4,5)6/h9-10,13H,7-8,11H2,1-6H3. The smallest absolute Gasteiger partial charge is 0.411 e. The van der Waals surface area contributed by atoms with Crippen LogP contribution in [0.5, 0.6) is 0 Å². The van der Waals surface area contributed by atoms with Crippen LogP contribution in [-0.2, 0) is 14.3 Å². The van der Waals surface area contributed by atoms with Gasteiger partial charge in [-0.25, -0.2) is 19.6 Å². The molecule has 0 N–H and O–H groups in total. The van der Waals surface area contributed by atoms with Crippen molar-refractivity contribution in [3.05, 3.63) is 22.8 Å². The van der Waals surface area contributed by atoms with Crippen molar-refractivity contribution >= 4 is 23.7 Å². The minimum absolute atomic E-state index is 0.148. The van der Waals surface area contributed by atoms with Crippen molar-refractivity contribution in [2.45, 2.75) is 58.8 Å². The zero-order chi connectivity index (χ0) is 21.8. The minimum atomic E-state index is -0.877. The van der Waals surface area contributed by atoms with Crippen LogP contribution in [0.1, 0.15) is 41.5 Å². The molecule has 1 amide bonds. The molecule has 1 aliphatic heterocycles. The Balaban J connectivity index is 2.24. The van der Waals surface area contributed by atoms with E-state index in [4.69, 9.17) is 15.0 Å². The number of piperazine rings is 1. The van der Waals surface area contributed by atoms with Crippen LogP contribution in [0.25, 0.3) is 10.4 Å². The number of nitrogens with zero attached hydrogens (tertiary/aromatic N) is 7. The Morgan fingerprint density at radius 3 is 2.21 bits per heavy atom. The predicted octanol–water partition coefficient (Wildman–Crippen LogP) is 3.19. The Labute approximate surface area is 169 Å². The highest BCUT2D eigenvalue weighted by Gasteiger charge is 2.40. The van der Waals surface area contributed by atoms with Gasteiger partial charge in [0.25, 0.3) is 0 Å². The van der Waals surface area contributed by atoms with E-state index in [9.17, 15) is 9.59 Å². The maximum absolute atomic E-state index is 12.8. The molecule has 0 saturated carbocycles. The van der Waals surface area contributed by atoms with Crippen LogP contribution in [0, 0.1) is 0 Å². The molecule has 1 fully saturated rings. The maximum Gasteiger partial charge on any atom is 0.411 e. The third-order valence-electron chi connectivity index (χ3n) is 3.75. The summed E-state index contributed by atoms with van der Waals surface area (Å²) in [6, 6.07) is -0.877. The molecule has 1 atom stereocenters. The van der Waals surface area contributed by atoms with Crippen LogP contribution in [0.2, 0.25) is 0 Å². The fourth-order valence-corrected chi connectivity index (χ4v) is 2.66. The summed E-state index contributed by atoms with van der Waals surface area (Å²) in [7, 11) is 0. The average Bonchev–Trinajstić information content (AvgIpc) is 2.59. The van der Waals surface area contributed by atoms with E-state index in [0.717, 1.165) is 0 Å². The number of azide groups is 1. The number of rotatable bonds is 3. The zero-order valence-electron chi connectivity index (χ0n) is 17.6. The lowest BCUT2D eigenvalue weighted by Gasteiger charge is -2.41. The Bertz CT molecular complexity index is 792. The molecule has 11 heteroatoms. The van der Waals surface area contributed by atoms with Crippen molar-refractivity contribution in [2.75, 3.05) is 24.5 Å². The van der Waals surface area contributed by atoms with E-state index in [1.807, 2.05) is 0 Å². The van der Waals surface area contributed by atoms with Crippen LogP contribution in [0.15, 0.2) is 17.5 Å². The largest absolute Gasteiger partial charge is 0.458 e. The molecule has 1 aliphatic rings. The lowest BCUT2D eigenvalue weighted by atomic mass is 10.1. The van der Waals surface area contributed by atoms with Crippen LogP contribution >= 0.6 is 0 Å². The van der Waals surface area contributed by atoms with Crippen molar-refractivity contribution in [3.8, 4) is 0 Å². The second-order valence-electron chi connectivity index (χ2n) is 8.60. The van der Waals surface area contributed by atoms with Gasteiger partial charge >= 0.3 is 12.1 Å². The molecule has 1 aromatic rings. The highest BCUT2D eigenvalue weighted by Crippen LogP contribution is 2.22. The molecule has 2 rings (SSSR count). The first-order valence-electron chi connectivity index (χ1n) is 9.24. The van der Waals surface area contributed by atoms with Crippen molar-refractivity contribution in [1.29, 1.82) is 0 Å². The first-order valence-corrected chi connectivity index (χ1v) is 9.24. The lowest BCUT2D eigenvalue weighted by molar-refractivity contribution is -0.161. The van der Waals surface area contributed by atoms with Gasteiger partial charge in [0.1, 0.15) is 11.2 Å². The summed E-state index contributed by atoms with van der Waals surface area (Å²) in [5, 5.41) is 3.44. The van der Waals surface area contributed by atoms with Crippen LogP contribution in [-0.4, -0.2) is 63.8 Å². The minimum Gasteiger partial charge on any atom is -0.458 e. The quantitative estimate of drug-likeness (QED) is 0.326. The molecule has 0 aliphatic carbocycles. The average molecular weight is 405 g/mol. The Kier molecular flexibility index (Phi) is 6.53. The molecule has 1 saturated heterocycles. The molecule has 2 heterocycles. The van der Waals surface area contributed by atoms with Gasteiger partial charge in [0.2, 0.25) is 5.95 Å². The molecular formula is C18H27N7O4. The second kappa shape index (κ2) is 8.52. The number of anilines is 1. The van der Waals surface area contributed by atoms with E-state index < -0.39 is 29.3 Å². The zero-order valence-corrected chi connectivity index (χ0v) is 17.6. The summed E-state index contributed by atoms with van der Waals surface area (Å²) in [5.74, 6) is -0.168. The monoisotopic (exact) mass is 405 g/mol. The first kappa shape index (κ1) is 22.2. The fraction of sp³-hybridized carbons (Fsp3) is 0.667. The van der Waals surface area contributed by atoms with Gasteiger partial charge in [-0.1, -0.05) is 5.11 Å². The number of hydrogen-bond acceptors (Lipinski definition) is 8. The normalized spacial score (nSPS) is 17.4. The second-order valence-corrected chi connectivity index (χ2v) is 8.60. The molecule has 11 nitrogen and oxygen atoms in total. The van der Waals surface area contributed by atoms with Gasteiger partial charge in [-0.2, -0.15) is 0 Å². The molecule has 1 aromatic heterocycles. The van der Waals surface area contributed by atoms with Gasteiger partial charge in [-0.3, -0.25) is 4.90 Å². The number of amides is 1. The van der Waals surface area contributed by atoms with Crippen LogP contribution in [0.3, 0.4) is 0 Å². The maximum atomic E-state index is 12.8. The summed E-state index contributed by atoms with van der Waals surface area (Å²) in [6.45, 7) is 11.4. The summed E-state index contributed by atoms with van der Waals surface area (Å²) >= 11 is 0. The Morgan fingerprint density at radius 1 is 1.10 bits per heavy atom. The topological polar surface area (TPSA) is 134 Å². The third-order valence-corrected chi connectivity index (χ3v) is 3.75. The summed E-state index contributed by atoms with van der Waals surface area (Å²) in [4.78, 5) is 39.7. The van der Waals surface area contributed by atoms with Gasteiger partial charge in [0, 0.05) is 30.4 Å². The molecule has 0 radical (unpaired) electrons. The molecule has 158 valence electrons. The molecular weight excluding hydrogens is 378 g/mol. The highest BCUT2D eigenvalue weighted by atomic mass is 16.6. The molecule has 29 heavy (non-hydrogen) atoms. The van der Waals surface area contributed by atoms with Gasteiger partial charge in [-0.05, 0) is 47.1 Å². The van der Waals surface area contributed by atoms with E-state index in [2.05, 4.69) is 20.0 Å². The van der Waals surface area contributed by atoms with E-state index in [1.165, 1.54) is 17.3 Å². The summed E-state index contributed by atoms with van der Waals surface area (Å²) in [6.07, 6.45) is 2.21. The SMILES string of the molecule is CC(C)(C)OC(=O)C1CN(c2ncc(N=[N+]=[N-])cn2)CCN1C(=O)OC(C)(C)C. The van der Waals surface area contributed by atoms with Crippen LogP contribution < -0.4 is 4.90 Å². The van der Waals surface area contributed by atoms with Gasteiger partial charge in [0.15, 0.2) is 6.04 Å². The predicted molar refractivity (Wildman–Crippen MR) is 106 cm³/mol. The number of esters is 1. The Hall–Kier alpha value is -3.07. The number of carbonyl (C=O) groups is 2. The highest BCUT2D eigenvalue weighted by molar-refractivity contribution is 5.83. The van der Waals surface area contributed by atoms with E-state index in [-0.39, 0.29) is 18.8 Å². The van der Waals surface area contributed by atoms with Crippen molar-refractivity contribution in [2.24, 2.45) is 5.11 Å². The van der Waals surface area contributed by atoms with E-state index >= 15 is 0 Å². The van der Waals surface area contributed by atoms with Crippen molar-refractivity contribution < 1.29 is 19.1 Å². The first-order chi connectivity index (χ1) is 13.4. The molecule has 0 aromatic carbocycles. The summed E-state index contributed by atoms with van der Waals surface area (Å²) in [5.41, 5.74) is 7.37. The van der Waals surface area contributed by atoms with Crippen LogP contribution in [0.4, 0.5) is 16.4 Å². The number of hydrogen-bond donors (Lipinski definition) is 0. The van der Waals surface area contributed by atoms with Gasteiger partial charge in [-0.15, -0.1) is 0 Å². The lowest BCUT2D eigenvalue weighted by Crippen LogP contribution is -2.60. The number of carbonyl (C=O) groups excluding carboxylic acids is 2. The number of ether oxygens (including phenoxy) is 2. The number of aromatic nitrogens is 2. The Morgan fingerprint density at radius 2 is 1.69 bits per heavy atom.